The first-order chi connectivity index (χ1) is 9.36. The lowest BCUT2D eigenvalue weighted by Crippen LogP contribution is -2.15. The fourth-order valence-electron chi connectivity index (χ4n) is 1.72. The summed E-state index contributed by atoms with van der Waals surface area (Å²) in [5.74, 6) is 0. The molecule has 2 aromatic rings. The van der Waals surface area contributed by atoms with Crippen LogP contribution in [0.1, 0.15) is 25.1 Å². The lowest BCUT2D eigenvalue weighted by Gasteiger charge is -2.11. The number of rotatable bonds is 5. The molecular weight excluding hydrogens is 260 g/mol. The van der Waals surface area contributed by atoms with Crippen LogP contribution in [0.4, 0.5) is 5.69 Å². The molecule has 2 rings (SSSR count). The molecule has 1 aromatic heterocycles. The molecule has 0 amide bonds. The zero-order valence-electron chi connectivity index (χ0n) is 11.4. The van der Waals surface area contributed by atoms with E-state index in [0.717, 1.165) is 5.56 Å². The van der Waals surface area contributed by atoms with Gasteiger partial charge in [0.1, 0.15) is 11.3 Å². The fourth-order valence-corrected chi connectivity index (χ4v) is 1.72. The van der Waals surface area contributed by atoms with Gasteiger partial charge in [0.25, 0.3) is 5.69 Å². The lowest BCUT2D eigenvalue weighted by molar-refractivity contribution is -0.384. The number of nitro groups is 1. The van der Waals surface area contributed by atoms with Crippen LogP contribution in [0.5, 0.6) is 0 Å². The van der Waals surface area contributed by atoms with Gasteiger partial charge in [-0.1, -0.05) is 17.3 Å². The van der Waals surface area contributed by atoms with Crippen molar-refractivity contribution in [3.63, 3.8) is 0 Å². The quantitative estimate of drug-likeness (QED) is 0.662. The Morgan fingerprint density at radius 1 is 1.35 bits per heavy atom. The monoisotopic (exact) mass is 276 g/mol. The summed E-state index contributed by atoms with van der Waals surface area (Å²) in [6.07, 6.45) is 2.39. The molecular formula is C13H16N4O3. The van der Waals surface area contributed by atoms with E-state index in [0.29, 0.717) is 18.7 Å². The van der Waals surface area contributed by atoms with E-state index in [4.69, 9.17) is 0 Å². The molecule has 0 fully saturated rings. The highest BCUT2D eigenvalue weighted by Gasteiger charge is 2.19. The van der Waals surface area contributed by atoms with Crippen molar-refractivity contribution in [2.24, 2.45) is 0 Å². The third-order valence-electron chi connectivity index (χ3n) is 2.94. The second-order valence-corrected chi connectivity index (χ2v) is 5.10. The number of aliphatic hydroxyl groups is 1. The van der Waals surface area contributed by atoms with Crippen molar-refractivity contribution in [2.45, 2.75) is 32.4 Å². The maximum absolute atomic E-state index is 10.5. The minimum Gasteiger partial charge on any atom is -0.384 e. The van der Waals surface area contributed by atoms with Gasteiger partial charge in [0, 0.05) is 18.7 Å². The Morgan fingerprint density at radius 3 is 2.50 bits per heavy atom. The molecule has 1 aromatic carbocycles. The fraction of sp³-hybridized carbons (Fsp3) is 0.385. The van der Waals surface area contributed by atoms with Gasteiger partial charge < -0.3 is 5.11 Å². The molecule has 0 atom stereocenters. The molecule has 7 nitrogen and oxygen atoms in total. The Hall–Kier alpha value is -2.28. The van der Waals surface area contributed by atoms with Crippen molar-refractivity contribution < 1.29 is 10.0 Å². The molecule has 0 radical (unpaired) electrons. The Bertz CT molecular complexity index is 599. The third kappa shape index (κ3) is 3.39. The number of non-ortho nitro benzene ring substituents is 1. The molecule has 0 aliphatic rings. The van der Waals surface area contributed by atoms with Crippen LogP contribution in [0.15, 0.2) is 30.5 Å². The van der Waals surface area contributed by atoms with Gasteiger partial charge in [-0.3, -0.25) is 14.8 Å². The van der Waals surface area contributed by atoms with E-state index in [1.165, 1.54) is 12.1 Å². The van der Waals surface area contributed by atoms with Gasteiger partial charge in [-0.05, 0) is 25.8 Å². The first-order valence-electron chi connectivity index (χ1n) is 6.22. The van der Waals surface area contributed by atoms with Crippen molar-refractivity contribution >= 4 is 5.69 Å². The van der Waals surface area contributed by atoms with E-state index in [-0.39, 0.29) is 5.69 Å². The Balaban J connectivity index is 1.98. The molecule has 0 aliphatic carbocycles. The molecule has 1 heterocycles. The molecule has 20 heavy (non-hydrogen) atoms. The summed E-state index contributed by atoms with van der Waals surface area (Å²) in [5, 5.41) is 28.2. The van der Waals surface area contributed by atoms with Crippen molar-refractivity contribution in [3.05, 3.63) is 51.8 Å². The van der Waals surface area contributed by atoms with Crippen LogP contribution in [0, 0.1) is 10.1 Å². The average Bonchev–Trinajstić information content (AvgIpc) is 2.85. The normalized spacial score (nSPS) is 11.6. The summed E-state index contributed by atoms with van der Waals surface area (Å²) in [6, 6.07) is 6.43. The first-order valence-corrected chi connectivity index (χ1v) is 6.22. The highest BCUT2D eigenvalue weighted by molar-refractivity contribution is 5.32. The van der Waals surface area contributed by atoms with Crippen LogP contribution in [-0.2, 0) is 18.6 Å². The highest BCUT2D eigenvalue weighted by Crippen LogP contribution is 2.16. The Morgan fingerprint density at radius 2 is 2.00 bits per heavy atom. The van der Waals surface area contributed by atoms with E-state index >= 15 is 0 Å². The number of nitrogens with zero attached hydrogens (tertiary/aromatic N) is 4. The molecule has 0 spiro atoms. The van der Waals surface area contributed by atoms with Gasteiger partial charge in [-0.15, -0.1) is 5.10 Å². The average molecular weight is 276 g/mol. The third-order valence-corrected chi connectivity index (χ3v) is 2.94. The second-order valence-electron chi connectivity index (χ2n) is 5.10. The summed E-state index contributed by atoms with van der Waals surface area (Å²) >= 11 is 0. The van der Waals surface area contributed by atoms with Crippen LogP contribution in [-0.4, -0.2) is 25.0 Å². The van der Waals surface area contributed by atoms with Crippen molar-refractivity contribution in [1.29, 1.82) is 0 Å². The first kappa shape index (κ1) is 14.1. The summed E-state index contributed by atoms with van der Waals surface area (Å²) < 4.78 is 1.65. The zero-order valence-corrected chi connectivity index (χ0v) is 11.4. The maximum atomic E-state index is 10.5. The van der Waals surface area contributed by atoms with Crippen molar-refractivity contribution in [2.75, 3.05) is 0 Å². The molecule has 1 N–H and O–H groups in total. The van der Waals surface area contributed by atoms with Crippen molar-refractivity contribution in [1.82, 2.24) is 15.0 Å². The van der Waals surface area contributed by atoms with Gasteiger partial charge in [0.2, 0.25) is 0 Å². The summed E-state index contributed by atoms with van der Waals surface area (Å²) in [6.45, 7) is 3.90. The number of benzene rings is 1. The standard InChI is InChI=1S/C13H16N4O3/c1-13(2,18)12-9-16(15-14-12)8-7-10-3-5-11(6-4-10)17(19)20/h3-6,9,18H,7-8H2,1-2H3. The molecule has 106 valence electrons. The summed E-state index contributed by atoms with van der Waals surface area (Å²) in [7, 11) is 0. The predicted molar refractivity (Wildman–Crippen MR) is 72.1 cm³/mol. The van der Waals surface area contributed by atoms with Crippen LogP contribution in [0.25, 0.3) is 0 Å². The van der Waals surface area contributed by atoms with Gasteiger partial charge in [-0.25, -0.2) is 0 Å². The minimum absolute atomic E-state index is 0.0822. The van der Waals surface area contributed by atoms with Crippen LogP contribution < -0.4 is 0 Å². The molecule has 0 saturated carbocycles. The summed E-state index contributed by atoms with van der Waals surface area (Å²) in [4.78, 5) is 10.1. The lowest BCUT2D eigenvalue weighted by atomic mass is 10.1. The molecule has 7 heteroatoms. The van der Waals surface area contributed by atoms with E-state index in [1.54, 1.807) is 36.9 Å². The topological polar surface area (TPSA) is 94.1 Å². The number of hydrogen-bond donors (Lipinski definition) is 1. The highest BCUT2D eigenvalue weighted by atomic mass is 16.6. The maximum Gasteiger partial charge on any atom is 0.269 e. The predicted octanol–water partition coefficient (Wildman–Crippen LogP) is 1.66. The largest absolute Gasteiger partial charge is 0.384 e. The second kappa shape index (κ2) is 5.38. The number of nitro benzene ring substituents is 1. The van der Waals surface area contributed by atoms with Crippen LogP contribution in [0.3, 0.4) is 0 Å². The molecule has 0 bridgehead atoms. The van der Waals surface area contributed by atoms with Gasteiger partial charge >= 0.3 is 0 Å². The van der Waals surface area contributed by atoms with E-state index in [2.05, 4.69) is 10.3 Å². The van der Waals surface area contributed by atoms with Gasteiger partial charge in [-0.2, -0.15) is 0 Å². The summed E-state index contributed by atoms with van der Waals surface area (Å²) in [5.41, 5.74) is 0.571. The van der Waals surface area contributed by atoms with Gasteiger partial charge in [0.15, 0.2) is 0 Å². The SMILES string of the molecule is CC(C)(O)c1cn(CCc2ccc([N+](=O)[O-])cc2)nn1. The number of aromatic nitrogens is 3. The van der Waals surface area contributed by atoms with E-state index in [9.17, 15) is 15.2 Å². The van der Waals surface area contributed by atoms with E-state index < -0.39 is 10.5 Å². The minimum atomic E-state index is -1.01. The molecule has 0 aliphatic heterocycles. The number of hydrogen-bond acceptors (Lipinski definition) is 5. The van der Waals surface area contributed by atoms with Gasteiger partial charge in [0.05, 0.1) is 11.1 Å². The molecule has 0 saturated heterocycles. The van der Waals surface area contributed by atoms with Crippen molar-refractivity contribution in [3.8, 4) is 0 Å². The van der Waals surface area contributed by atoms with Crippen LogP contribution >= 0.6 is 0 Å². The number of aryl methyl sites for hydroxylation is 2. The molecule has 0 unspecified atom stereocenters. The van der Waals surface area contributed by atoms with E-state index in [1.807, 2.05) is 0 Å². The Kier molecular flexibility index (Phi) is 3.80. The zero-order chi connectivity index (χ0) is 14.8. The smallest absolute Gasteiger partial charge is 0.269 e. The van der Waals surface area contributed by atoms with Crippen LogP contribution in [0.2, 0.25) is 0 Å². The Labute approximate surface area is 116 Å².